The minimum absolute atomic E-state index is 0.332. The number of fused-ring (bicyclic) bond motifs is 1. The van der Waals surface area contributed by atoms with Crippen molar-refractivity contribution in [3.05, 3.63) is 41.3 Å². The third-order valence-electron chi connectivity index (χ3n) is 3.65. The molecule has 1 N–H and O–H groups in total. The average Bonchev–Trinajstić information content (AvgIpc) is 2.94. The van der Waals surface area contributed by atoms with Crippen LogP contribution < -0.4 is 5.32 Å². The average molecular weight is 332 g/mol. The Bertz CT molecular complexity index is 868. The quantitative estimate of drug-likeness (QED) is 0.876. The number of aromatic nitrogens is 3. The molecule has 0 saturated heterocycles. The van der Waals surface area contributed by atoms with Crippen molar-refractivity contribution in [2.24, 2.45) is 0 Å². The standard InChI is InChI=1S/C14H16N6O2S/c1-23(21,22)19-5-6-20-13(10-19)7-12(18-20)9-17-14-11(8-15)3-2-4-16-14/h2-4,7H,5-6,9-10H2,1H3,(H,16,17). The fourth-order valence-corrected chi connectivity index (χ4v) is 3.26. The predicted octanol–water partition coefficient (Wildman–Crippen LogP) is 0.537. The van der Waals surface area contributed by atoms with Crippen molar-refractivity contribution in [3.63, 3.8) is 0 Å². The van der Waals surface area contributed by atoms with E-state index < -0.39 is 10.0 Å². The van der Waals surface area contributed by atoms with Gasteiger partial charge in [-0.25, -0.2) is 13.4 Å². The first-order chi connectivity index (χ1) is 11.0. The van der Waals surface area contributed by atoms with E-state index in [1.807, 2.05) is 10.7 Å². The predicted molar refractivity (Wildman–Crippen MR) is 83.8 cm³/mol. The Morgan fingerprint density at radius 2 is 2.26 bits per heavy atom. The van der Waals surface area contributed by atoms with E-state index in [4.69, 9.17) is 5.26 Å². The fraction of sp³-hybridized carbons (Fsp3) is 0.357. The van der Waals surface area contributed by atoms with Crippen LogP contribution in [0.2, 0.25) is 0 Å². The van der Waals surface area contributed by atoms with Crippen molar-refractivity contribution in [1.82, 2.24) is 19.1 Å². The van der Waals surface area contributed by atoms with Crippen molar-refractivity contribution in [2.75, 3.05) is 18.1 Å². The molecule has 3 rings (SSSR count). The molecule has 120 valence electrons. The van der Waals surface area contributed by atoms with Crippen molar-refractivity contribution >= 4 is 15.8 Å². The first kappa shape index (κ1) is 15.5. The summed E-state index contributed by atoms with van der Waals surface area (Å²) in [6.45, 7) is 1.72. The first-order valence-corrected chi connectivity index (χ1v) is 8.92. The molecule has 0 radical (unpaired) electrons. The number of nitrogens with one attached hydrogen (secondary N) is 1. The molecule has 0 atom stereocenters. The number of rotatable bonds is 4. The zero-order valence-electron chi connectivity index (χ0n) is 12.6. The lowest BCUT2D eigenvalue weighted by Crippen LogP contribution is -2.37. The summed E-state index contributed by atoms with van der Waals surface area (Å²) in [4.78, 5) is 4.14. The van der Waals surface area contributed by atoms with Crippen LogP contribution in [0.5, 0.6) is 0 Å². The Labute approximate surface area is 134 Å². The molecule has 0 saturated carbocycles. The monoisotopic (exact) mass is 332 g/mol. The van der Waals surface area contributed by atoms with E-state index in [-0.39, 0.29) is 0 Å². The molecule has 0 amide bonds. The van der Waals surface area contributed by atoms with Gasteiger partial charge in [0.25, 0.3) is 0 Å². The van der Waals surface area contributed by atoms with Gasteiger partial charge in [-0.15, -0.1) is 0 Å². The molecule has 2 aromatic rings. The summed E-state index contributed by atoms with van der Waals surface area (Å²) in [7, 11) is -3.19. The van der Waals surface area contributed by atoms with Gasteiger partial charge in [-0.05, 0) is 18.2 Å². The normalized spacial score (nSPS) is 15.0. The van der Waals surface area contributed by atoms with Crippen LogP contribution in [0, 0.1) is 11.3 Å². The summed E-state index contributed by atoms with van der Waals surface area (Å²) in [6.07, 6.45) is 2.83. The van der Waals surface area contributed by atoms with E-state index in [1.54, 1.807) is 18.3 Å². The Morgan fingerprint density at radius 3 is 3.00 bits per heavy atom. The number of hydrogen-bond acceptors (Lipinski definition) is 6. The zero-order valence-corrected chi connectivity index (χ0v) is 13.4. The summed E-state index contributed by atoms with van der Waals surface area (Å²) < 4.78 is 26.5. The molecule has 0 aromatic carbocycles. The fourth-order valence-electron chi connectivity index (χ4n) is 2.48. The van der Waals surface area contributed by atoms with Crippen LogP contribution in [0.4, 0.5) is 5.82 Å². The topological polar surface area (TPSA) is 104 Å². The minimum Gasteiger partial charge on any atom is -0.363 e. The van der Waals surface area contributed by atoms with Crippen molar-refractivity contribution in [3.8, 4) is 6.07 Å². The van der Waals surface area contributed by atoms with E-state index >= 15 is 0 Å². The van der Waals surface area contributed by atoms with Crippen LogP contribution >= 0.6 is 0 Å². The highest BCUT2D eigenvalue weighted by molar-refractivity contribution is 7.88. The second-order valence-corrected chi connectivity index (χ2v) is 7.29. The lowest BCUT2D eigenvalue weighted by atomic mass is 10.2. The van der Waals surface area contributed by atoms with Crippen LogP contribution in [-0.2, 0) is 29.7 Å². The summed E-state index contributed by atoms with van der Waals surface area (Å²) in [5, 5.41) is 16.6. The molecule has 9 heteroatoms. The van der Waals surface area contributed by atoms with Gasteiger partial charge in [-0.1, -0.05) is 0 Å². The highest BCUT2D eigenvalue weighted by atomic mass is 32.2. The Kier molecular flexibility index (Phi) is 4.02. The van der Waals surface area contributed by atoms with E-state index in [0.29, 0.717) is 37.6 Å². The lowest BCUT2D eigenvalue weighted by Gasteiger charge is -2.25. The number of sulfonamides is 1. The van der Waals surface area contributed by atoms with Gasteiger partial charge in [0.1, 0.15) is 11.9 Å². The molecule has 2 aromatic heterocycles. The largest absolute Gasteiger partial charge is 0.363 e. The van der Waals surface area contributed by atoms with Crippen LogP contribution in [-0.4, -0.2) is 40.3 Å². The summed E-state index contributed by atoms with van der Waals surface area (Å²) in [5.41, 5.74) is 2.12. The maximum Gasteiger partial charge on any atom is 0.211 e. The molecule has 23 heavy (non-hydrogen) atoms. The van der Waals surface area contributed by atoms with E-state index in [0.717, 1.165) is 11.4 Å². The van der Waals surface area contributed by atoms with Gasteiger partial charge >= 0.3 is 0 Å². The molecular weight excluding hydrogens is 316 g/mol. The van der Waals surface area contributed by atoms with Gasteiger partial charge in [-0.3, -0.25) is 4.68 Å². The molecule has 1 aliphatic heterocycles. The second kappa shape index (κ2) is 5.98. The lowest BCUT2D eigenvalue weighted by molar-refractivity contribution is 0.328. The Hall–Kier alpha value is -2.44. The number of pyridine rings is 1. The van der Waals surface area contributed by atoms with Crippen molar-refractivity contribution < 1.29 is 8.42 Å². The molecule has 0 aliphatic carbocycles. The van der Waals surface area contributed by atoms with Crippen LogP contribution in [0.15, 0.2) is 24.4 Å². The van der Waals surface area contributed by atoms with E-state index in [1.165, 1.54) is 10.6 Å². The zero-order chi connectivity index (χ0) is 16.4. The SMILES string of the molecule is CS(=O)(=O)N1CCn2nc(CNc3ncccc3C#N)cc2C1. The van der Waals surface area contributed by atoms with Gasteiger partial charge in [0.15, 0.2) is 0 Å². The molecule has 0 unspecified atom stereocenters. The molecular formula is C14H16N6O2S. The highest BCUT2D eigenvalue weighted by Gasteiger charge is 2.24. The number of hydrogen-bond donors (Lipinski definition) is 1. The van der Waals surface area contributed by atoms with Gasteiger partial charge in [0.2, 0.25) is 10.0 Å². The third-order valence-corrected chi connectivity index (χ3v) is 4.90. The highest BCUT2D eigenvalue weighted by Crippen LogP contribution is 2.17. The maximum absolute atomic E-state index is 11.6. The molecule has 0 spiro atoms. The van der Waals surface area contributed by atoms with Crippen molar-refractivity contribution in [2.45, 2.75) is 19.6 Å². The van der Waals surface area contributed by atoms with Crippen LogP contribution in [0.3, 0.4) is 0 Å². The van der Waals surface area contributed by atoms with Crippen LogP contribution in [0.25, 0.3) is 0 Å². The Morgan fingerprint density at radius 1 is 1.43 bits per heavy atom. The molecule has 1 aliphatic rings. The number of anilines is 1. The molecule has 0 fully saturated rings. The number of nitrogens with zero attached hydrogens (tertiary/aromatic N) is 5. The number of nitriles is 1. The molecule has 8 nitrogen and oxygen atoms in total. The van der Waals surface area contributed by atoms with Gasteiger partial charge in [0.05, 0.1) is 42.8 Å². The maximum atomic E-state index is 11.6. The van der Waals surface area contributed by atoms with Crippen LogP contribution in [0.1, 0.15) is 17.0 Å². The van der Waals surface area contributed by atoms with Gasteiger partial charge < -0.3 is 5.32 Å². The van der Waals surface area contributed by atoms with E-state index in [2.05, 4.69) is 21.5 Å². The third kappa shape index (κ3) is 3.33. The van der Waals surface area contributed by atoms with E-state index in [9.17, 15) is 8.42 Å². The van der Waals surface area contributed by atoms with Gasteiger partial charge in [0, 0.05) is 12.7 Å². The van der Waals surface area contributed by atoms with Crippen molar-refractivity contribution in [1.29, 1.82) is 5.26 Å². The second-order valence-electron chi connectivity index (χ2n) is 5.31. The Balaban J connectivity index is 1.72. The summed E-state index contributed by atoms with van der Waals surface area (Å²) >= 11 is 0. The minimum atomic E-state index is -3.19. The molecule has 3 heterocycles. The summed E-state index contributed by atoms with van der Waals surface area (Å²) in [6, 6.07) is 7.35. The molecule has 0 bridgehead atoms. The first-order valence-electron chi connectivity index (χ1n) is 7.07. The van der Waals surface area contributed by atoms with Gasteiger partial charge in [-0.2, -0.15) is 14.7 Å². The smallest absolute Gasteiger partial charge is 0.211 e. The summed E-state index contributed by atoms with van der Waals surface area (Å²) in [5.74, 6) is 0.513.